The average Bonchev–Trinajstić information content (AvgIpc) is 2.56. The Hall–Kier alpha value is -3.29. The maximum Gasteiger partial charge on any atom is 0.319 e. The first kappa shape index (κ1) is 17.5. The maximum atomic E-state index is 14.2. The fraction of sp³-hybridized carbons (Fsp3) is 0.111. The van der Waals surface area contributed by atoms with Gasteiger partial charge in [0.2, 0.25) is 0 Å². The monoisotopic (exact) mass is 361 g/mol. The van der Waals surface area contributed by atoms with Gasteiger partial charge in [-0.3, -0.25) is 4.79 Å². The van der Waals surface area contributed by atoms with Gasteiger partial charge < -0.3 is 16.0 Å². The van der Waals surface area contributed by atoms with E-state index in [1.165, 1.54) is 25.1 Å². The first-order valence-electron chi connectivity index (χ1n) is 7.66. The number of rotatable bonds is 3. The Morgan fingerprint density at radius 2 is 1.65 bits per heavy atom. The molecule has 2 aromatic rings. The van der Waals surface area contributed by atoms with Gasteiger partial charge in [-0.2, -0.15) is 0 Å². The molecule has 1 aliphatic heterocycles. The second-order valence-electron chi connectivity index (χ2n) is 5.67. The Bertz CT molecular complexity index is 890. The molecule has 3 amide bonds. The van der Waals surface area contributed by atoms with E-state index < -0.39 is 41.0 Å². The van der Waals surface area contributed by atoms with Gasteiger partial charge in [-0.25, -0.2) is 18.0 Å². The topological polar surface area (TPSA) is 70.2 Å². The predicted octanol–water partition coefficient (Wildman–Crippen LogP) is 3.37. The van der Waals surface area contributed by atoms with Gasteiger partial charge in [-0.1, -0.05) is 6.07 Å². The number of amides is 3. The van der Waals surface area contributed by atoms with E-state index in [0.717, 1.165) is 24.3 Å². The molecule has 3 rings (SSSR count). The van der Waals surface area contributed by atoms with Crippen LogP contribution in [0.15, 0.2) is 53.7 Å². The molecule has 0 fully saturated rings. The lowest BCUT2D eigenvalue weighted by Gasteiger charge is -2.29. The highest BCUT2D eigenvalue weighted by Gasteiger charge is 2.34. The van der Waals surface area contributed by atoms with E-state index in [0.29, 0.717) is 5.69 Å². The third kappa shape index (κ3) is 3.39. The number of carbonyl (C=O) groups is 2. The standard InChI is InChI=1S/C18H14F3N3O2/c1-9-14(17(25)23-11-7-5-10(19)6-8-11)16(24-18(26)22-9)15-12(20)3-2-4-13(15)21/h2-8,16H,1H3,(H,23,25)(H2,22,24,26). The molecule has 0 spiro atoms. The fourth-order valence-corrected chi connectivity index (χ4v) is 2.73. The van der Waals surface area contributed by atoms with Gasteiger partial charge in [0.15, 0.2) is 0 Å². The molecule has 0 aromatic heterocycles. The lowest BCUT2D eigenvalue weighted by Crippen LogP contribution is -2.46. The van der Waals surface area contributed by atoms with Crippen molar-refractivity contribution in [3.8, 4) is 0 Å². The van der Waals surface area contributed by atoms with Crippen LogP contribution in [0.2, 0.25) is 0 Å². The first-order chi connectivity index (χ1) is 12.4. The Labute approximate surface area is 146 Å². The van der Waals surface area contributed by atoms with Crippen molar-refractivity contribution in [1.29, 1.82) is 0 Å². The molecule has 1 atom stereocenters. The third-order valence-corrected chi connectivity index (χ3v) is 3.90. The SMILES string of the molecule is CC1=C(C(=O)Nc2ccc(F)cc2)C(c2c(F)cccc2F)NC(=O)N1. The molecule has 134 valence electrons. The zero-order valence-electron chi connectivity index (χ0n) is 13.6. The van der Waals surface area contributed by atoms with Gasteiger partial charge in [-0.15, -0.1) is 0 Å². The molecule has 0 saturated heterocycles. The zero-order chi connectivity index (χ0) is 18.8. The van der Waals surface area contributed by atoms with E-state index in [-0.39, 0.29) is 11.3 Å². The van der Waals surface area contributed by atoms with E-state index >= 15 is 0 Å². The quantitative estimate of drug-likeness (QED) is 0.785. The largest absolute Gasteiger partial charge is 0.326 e. The van der Waals surface area contributed by atoms with Gasteiger partial charge in [0, 0.05) is 11.4 Å². The van der Waals surface area contributed by atoms with Crippen molar-refractivity contribution in [2.45, 2.75) is 13.0 Å². The lowest BCUT2D eigenvalue weighted by molar-refractivity contribution is -0.113. The molecule has 1 unspecified atom stereocenters. The minimum Gasteiger partial charge on any atom is -0.326 e. The smallest absolute Gasteiger partial charge is 0.319 e. The number of anilines is 1. The molecule has 5 nitrogen and oxygen atoms in total. The molecular formula is C18H14F3N3O2. The van der Waals surface area contributed by atoms with Crippen LogP contribution in [0.4, 0.5) is 23.7 Å². The Morgan fingerprint density at radius 3 is 2.27 bits per heavy atom. The van der Waals surface area contributed by atoms with Gasteiger partial charge >= 0.3 is 6.03 Å². The van der Waals surface area contributed by atoms with Gasteiger partial charge in [0.25, 0.3) is 5.91 Å². The highest BCUT2D eigenvalue weighted by atomic mass is 19.1. The summed E-state index contributed by atoms with van der Waals surface area (Å²) < 4.78 is 41.4. The van der Waals surface area contributed by atoms with Gasteiger partial charge in [0.05, 0.1) is 17.2 Å². The van der Waals surface area contributed by atoms with Gasteiger partial charge in [0.1, 0.15) is 17.5 Å². The number of urea groups is 1. The second kappa shape index (κ2) is 6.91. The van der Waals surface area contributed by atoms with Crippen molar-refractivity contribution in [2.75, 3.05) is 5.32 Å². The van der Waals surface area contributed by atoms with Crippen LogP contribution in [0.5, 0.6) is 0 Å². The number of benzene rings is 2. The predicted molar refractivity (Wildman–Crippen MR) is 88.5 cm³/mol. The Balaban J connectivity index is 2.00. The summed E-state index contributed by atoms with van der Waals surface area (Å²) in [5.74, 6) is -2.94. The Morgan fingerprint density at radius 1 is 1.04 bits per heavy atom. The van der Waals surface area contributed by atoms with Crippen molar-refractivity contribution in [2.24, 2.45) is 0 Å². The molecule has 1 heterocycles. The van der Waals surface area contributed by atoms with E-state index in [1.54, 1.807) is 0 Å². The molecule has 2 aromatic carbocycles. The van der Waals surface area contributed by atoms with Crippen LogP contribution >= 0.6 is 0 Å². The fourth-order valence-electron chi connectivity index (χ4n) is 2.73. The maximum absolute atomic E-state index is 14.2. The summed E-state index contributed by atoms with van der Waals surface area (Å²) in [6.07, 6.45) is 0. The summed E-state index contributed by atoms with van der Waals surface area (Å²) in [5.41, 5.74) is -0.0498. The summed E-state index contributed by atoms with van der Waals surface area (Å²) in [7, 11) is 0. The molecule has 1 aliphatic rings. The van der Waals surface area contributed by atoms with Crippen LogP contribution < -0.4 is 16.0 Å². The second-order valence-corrected chi connectivity index (χ2v) is 5.67. The normalized spacial score (nSPS) is 16.8. The molecular weight excluding hydrogens is 347 g/mol. The van der Waals surface area contributed by atoms with E-state index in [4.69, 9.17) is 0 Å². The first-order valence-corrected chi connectivity index (χ1v) is 7.66. The molecule has 0 radical (unpaired) electrons. The zero-order valence-corrected chi connectivity index (χ0v) is 13.6. The minimum absolute atomic E-state index is 0.0575. The highest BCUT2D eigenvalue weighted by molar-refractivity contribution is 6.06. The van der Waals surface area contributed by atoms with Crippen LogP contribution in [0.25, 0.3) is 0 Å². The molecule has 26 heavy (non-hydrogen) atoms. The van der Waals surface area contributed by atoms with Crippen LogP contribution in [0.1, 0.15) is 18.5 Å². The number of nitrogens with one attached hydrogen (secondary N) is 3. The molecule has 0 saturated carbocycles. The summed E-state index contributed by atoms with van der Waals surface area (Å²) in [5, 5.41) is 7.29. The van der Waals surface area contributed by atoms with Crippen LogP contribution in [0, 0.1) is 17.5 Å². The summed E-state index contributed by atoms with van der Waals surface area (Å²) in [4.78, 5) is 24.4. The number of hydrogen-bond acceptors (Lipinski definition) is 2. The molecule has 0 bridgehead atoms. The van der Waals surface area contributed by atoms with Crippen LogP contribution in [-0.4, -0.2) is 11.9 Å². The van der Waals surface area contributed by atoms with Crippen molar-refractivity contribution >= 4 is 17.6 Å². The number of halogens is 3. The molecule has 0 aliphatic carbocycles. The van der Waals surface area contributed by atoms with Crippen molar-refractivity contribution < 1.29 is 22.8 Å². The number of allylic oxidation sites excluding steroid dienone is 1. The Kier molecular flexibility index (Phi) is 4.66. The summed E-state index contributed by atoms with van der Waals surface area (Å²) in [6, 6.07) is 6.27. The van der Waals surface area contributed by atoms with E-state index in [9.17, 15) is 22.8 Å². The van der Waals surface area contributed by atoms with Crippen molar-refractivity contribution in [3.05, 3.63) is 76.7 Å². The number of hydrogen-bond donors (Lipinski definition) is 3. The minimum atomic E-state index is -1.31. The highest BCUT2D eigenvalue weighted by Crippen LogP contribution is 2.31. The third-order valence-electron chi connectivity index (χ3n) is 3.90. The van der Waals surface area contributed by atoms with Crippen LogP contribution in [-0.2, 0) is 4.79 Å². The lowest BCUT2D eigenvalue weighted by atomic mass is 9.94. The van der Waals surface area contributed by atoms with Crippen molar-refractivity contribution in [1.82, 2.24) is 10.6 Å². The number of carbonyl (C=O) groups excluding carboxylic acids is 2. The molecule has 3 N–H and O–H groups in total. The van der Waals surface area contributed by atoms with Crippen molar-refractivity contribution in [3.63, 3.8) is 0 Å². The average molecular weight is 361 g/mol. The van der Waals surface area contributed by atoms with Gasteiger partial charge in [-0.05, 0) is 43.3 Å². The van der Waals surface area contributed by atoms with Crippen LogP contribution in [0.3, 0.4) is 0 Å². The van der Waals surface area contributed by atoms with E-state index in [2.05, 4.69) is 16.0 Å². The molecule has 8 heteroatoms. The van der Waals surface area contributed by atoms with E-state index in [1.807, 2.05) is 0 Å². The summed E-state index contributed by atoms with van der Waals surface area (Å²) >= 11 is 0. The summed E-state index contributed by atoms with van der Waals surface area (Å²) in [6.45, 7) is 1.45.